The van der Waals surface area contributed by atoms with Crippen LogP contribution < -0.4 is 5.73 Å². The van der Waals surface area contributed by atoms with E-state index in [9.17, 15) is 0 Å². The first kappa shape index (κ1) is 10.7. The Morgan fingerprint density at radius 3 is 2.89 bits per heavy atom. The third kappa shape index (κ3) is 1.52. The van der Waals surface area contributed by atoms with Crippen LogP contribution >= 0.6 is 0 Å². The molecule has 90 valence electrons. The Kier molecular flexibility index (Phi) is 2.44. The zero-order valence-electron chi connectivity index (χ0n) is 10.0. The van der Waals surface area contributed by atoms with E-state index in [1.165, 1.54) is 6.33 Å². The van der Waals surface area contributed by atoms with Gasteiger partial charge in [-0.3, -0.25) is 0 Å². The van der Waals surface area contributed by atoms with Gasteiger partial charge in [0.1, 0.15) is 12.1 Å². The molecule has 0 unspecified atom stereocenters. The second-order valence-electron chi connectivity index (χ2n) is 4.03. The minimum absolute atomic E-state index is 0.516. The Morgan fingerprint density at radius 2 is 2.06 bits per heavy atom. The molecule has 3 rings (SSSR count). The number of nitrogens with two attached hydrogens (primary N) is 1. The van der Waals surface area contributed by atoms with Crippen molar-refractivity contribution >= 4 is 16.7 Å². The minimum atomic E-state index is 0.516. The van der Waals surface area contributed by atoms with Crippen molar-refractivity contribution in [2.24, 2.45) is 0 Å². The molecule has 0 fully saturated rings. The van der Waals surface area contributed by atoms with Crippen LogP contribution in [0.5, 0.6) is 0 Å². The molecular weight excluding hydrogens is 226 g/mol. The first-order valence-electron chi connectivity index (χ1n) is 5.83. The number of para-hydroxylation sites is 1. The van der Waals surface area contributed by atoms with E-state index in [2.05, 4.69) is 15.1 Å². The summed E-state index contributed by atoms with van der Waals surface area (Å²) in [5, 5.41) is 5.47. The number of rotatable bonds is 2. The lowest BCUT2D eigenvalue weighted by molar-refractivity contribution is 0.843. The number of benzene rings is 1. The minimum Gasteiger partial charge on any atom is -0.383 e. The van der Waals surface area contributed by atoms with E-state index in [1.807, 2.05) is 42.1 Å². The van der Waals surface area contributed by atoms with Crippen molar-refractivity contribution in [2.75, 3.05) is 5.73 Å². The van der Waals surface area contributed by atoms with Gasteiger partial charge in [0.25, 0.3) is 0 Å². The summed E-state index contributed by atoms with van der Waals surface area (Å²) in [6.07, 6.45) is 4.07. The van der Waals surface area contributed by atoms with E-state index in [-0.39, 0.29) is 0 Å². The molecule has 0 saturated carbocycles. The van der Waals surface area contributed by atoms with Crippen LogP contribution in [0.4, 0.5) is 5.82 Å². The van der Waals surface area contributed by atoms with Crippen molar-refractivity contribution in [3.05, 3.63) is 42.4 Å². The number of aromatic nitrogens is 4. The first-order valence-corrected chi connectivity index (χ1v) is 5.83. The number of hydrogen-bond acceptors (Lipinski definition) is 4. The van der Waals surface area contributed by atoms with Crippen LogP contribution in [0.1, 0.15) is 12.5 Å². The Balaban J connectivity index is 2.30. The van der Waals surface area contributed by atoms with E-state index < -0.39 is 0 Å². The van der Waals surface area contributed by atoms with Crippen molar-refractivity contribution in [3.8, 4) is 5.82 Å². The number of anilines is 1. The summed E-state index contributed by atoms with van der Waals surface area (Å²) in [5.74, 6) is 1.27. The second kappa shape index (κ2) is 4.10. The maximum absolute atomic E-state index is 5.89. The second-order valence-corrected chi connectivity index (χ2v) is 4.03. The molecule has 0 atom stereocenters. The average Bonchev–Trinajstić information content (AvgIpc) is 2.82. The summed E-state index contributed by atoms with van der Waals surface area (Å²) in [5.41, 5.74) is 7.83. The van der Waals surface area contributed by atoms with Crippen LogP contribution in [0, 0.1) is 0 Å². The van der Waals surface area contributed by atoms with Gasteiger partial charge < -0.3 is 5.73 Å². The van der Waals surface area contributed by atoms with Gasteiger partial charge in [-0.1, -0.05) is 25.1 Å². The highest BCUT2D eigenvalue weighted by atomic mass is 15.3. The van der Waals surface area contributed by atoms with Crippen molar-refractivity contribution in [1.82, 2.24) is 19.7 Å². The quantitative estimate of drug-likeness (QED) is 0.742. The lowest BCUT2D eigenvalue weighted by Gasteiger charge is -2.09. The van der Waals surface area contributed by atoms with Gasteiger partial charge in [0.15, 0.2) is 5.82 Å². The topological polar surface area (TPSA) is 69.6 Å². The van der Waals surface area contributed by atoms with E-state index >= 15 is 0 Å². The lowest BCUT2D eigenvalue weighted by Crippen LogP contribution is -2.08. The van der Waals surface area contributed by atoms with E-state index in [0.717, 1.165) is 28.7 Å². The third-order valence-corrected chi connectivity index (χ3v) is 2.99. The molecule has 0 aliphatic carbocycles. The molecule has 2 N–H and O–H groups in total. The van der Waals surface area contributed by atoms with Gasteiger partial charge in [-0.15, -0.1) is 0 Å². The number of fused-ring (bicyclic) bond motifs is 1. The summed E-state index contributed by atoms with van der Waals surface area (Å²) in [6, 6.07) is 8.01. The predicted molar refractivity (Wildman–Crippen MR) is 70.5 cm³/mol. The molecule has 0 spiro atoms. The monoisotopic (exact) mass is 239 g/mol. The van der Waals surface area contributed by atoms with E-state index in [0.29, 0.717) is 5.82 Å². The highest BCUT2D eigenvalue weighted by Gasteiger charge is 2.12. The van der Waals surface area contributed by atoms with Crippen molar-refractivity contribution in [3.63, 3.8) is 0 Å². The van der Waals surface area contributed by atoms with Crippen LogP contribution in [0.2, 0.25) is 0 Å². The molecule has 0 saturated heterocycles. The van der Waals surface area contributed by atoms with Crippen LogP contribution in [0.25, 0.3) is 16.7 Å². The van der Waals surface area contributed by atoms with Gasteiger partial charge in [0, 0.05) is 10.9 Å². The Morgan fingerprint density at radius 1 is 1.22 bits per heavy atom. The van der Waals surface area contributed by atoms with E-state index in [1.54, 1.807) is 0 Å². The summed E-state index contributed by atoms with van der Waals surface area (Å²) in [4.78, 5) is 8.34. The summed E-state index contributed by atoms with van der Waals surface area (Å²) >= 11 is 0. The molecule has 18 heavy (non-hydrogen) atoms. The molecule has 2 aromatic heterocycles. The fraction of sp³-hybridized carbons (Fsp3) is 0.154. The summed E-state index contributed by atoms with van der Waals surface area (Å²) < 4.78 is 1.81. The molecule has 2 heterocycles. The van der Waals surface area contributed by atoms with Gasteiger partial charge in [-0.25, -0.2) is 14.6 Å². The lowest BCUT2D eigenvalue weighted by atomic mass is 10.2. The van der Waals surface area contributed by atoms with Gasteiger partial charge in [-0.2, -0.15) is 5.10 Å². The zero-order valence-corrected chi connectivity index (χ0v) is 10.0. The Labute approximate surface area is 104 Å². The van der Waals surface area contributed by atoms with Crippen LogP contribution in [0.15, 0.2) is 36.8 Å². The molecule has 0 bridgehead atoms. The standard InChI is InChI=1S/C13H13N5/c1-2-10-12(14)15-8-16-13(10)18-11-6-4-3-5-9(11)7-17-18/h3-8H,2H2,1H3,(H2,14,15,16). The molecule has 0 aliphatic rings. The molecule has 0 radical (unpaired) electrons. The highest BCUT2D eigenvalue weighted by molar-refractivity contribution is 5.80. The number of nitrogen functional groups attached to an aromatic ring is 1. The zero-order chi connectivity index (χ0) is 12.5. The normalized spacial score (nSPS) is 10.9. The Bertz CT molecular complexity index is 701. The molecule has 5 heteroatoms. The number of nitrogens with zero attached hydrogens (tertiary/aromatic N) is 4. The molecule has 1 aromatic carbocycles. The van der Waals surface area contributed by atoms with Crippen LogP contribution in [-0.4, -0.2) is 19.7 Å². The molecule has 0 amide bonds. The van der Waals surface area contributed by atoms with Gasteiger partial charge in [0.2, 0.25) is 0 Å². The Hall–Kier alpha value is -2.43. The first-order chi connectivity index (χ1) is 8.81. The van der Waals surface area contributed by atoms with Crippen molar-refractivity contribution < 1.29 is 0 Å². The van der Waals surface area contributed by atoms with Crippen LogP contribution in [0.3, 0.4) is 0 Å². The maximum Gasteiger partial charge on any atom is 0.162 e. The third-order valence-electron chi connectivity index (χ3n) is 2.99. The fourth-order valence-electron chi connectivity index (χ4n) is 2.08. The van der Waals surface area contributed by atoms with Gasteiger partial charge in [0.05, 0.1) is 11.7 Å². The predicted octanol–water partition coefficient (Wildman–Crippen LogP) is 1.96. The molecule has 5 nitrogen and oxygen atoms in total. The highest BCUT2D eigenvalue weighted by Crippen LogP contribution is 2.21. The molecule has 3 aromatic rings. The number of hydrogen-bond donors (Lipinski definition) is 1. The van der Waals surface area contributed by atoms with Crippen molar-refractivity contribution in [2.45, 2.75) is 13.3 Å². The van der Waals surface area contributed by atoms with Crippen LogP contribution in [-0.2, 0) is 6.42 Å². The smallest absolute Gasteiger partial charge is 0.162 e. The molecule has 0 aliphatic heterocycles. The van der Waals surface area contributed by atoms with Gasteiger partial charge >= 0.3 is 0 Å². The largest absolute Gasteiger partial charge is 0.383 e. The summed E-state index contributed by atoms with van der Waals surface area (Å²) in [7, 11) is 0. The SMILES string of the molecule is CCc1c(N)ncnc1-n1ncc2ccccc21. The summed E-state index contributed by atoms with van der Waals surface area (Å²) in [6.45, 7) is 2.03. The average molecular weight is 239 g/mol. The molecular formula is C13H13N5. The van der Waals surface area contributed by atoms with Gasteiger partial charge in [-0.05, 0) is 12.5 Å². The van der Waals surface area contributed by atoms with Crippen molar-refractivity contribution in [1.29, 1.82) is 0 Å². The van der Waals surface area contributed by atoms with E-state index in [4.69, 9.17) is 5.73 Å². The fourth-order valence-corrected chi connectivity index (χ4v) is 2.08. The maximum atomic E-state index is 5.89.